The van der Waals surface area contributed by atoms with E-state index in [1.54, 1.807) is 23.7 Å². The van der Waals surface area contributed by atoms with Crippen LogP contribution in [-0.4, -0.2) is 34.5 Å². The summed E-state index contributed by atoms with van der Waals surface area (Å²) in [5.41, 5.74) is 2.13. The Morgan fingerprint density at radius 3 is 2.86 bits per heavy atom. The second kappa shape index (κ2) is 10.1. The number of fused-ring (bicyclic) bond motifs is 1. The third kappa shape index (κ3) is 4.48. The quantitative estimate of drug-likeness (QED) is 0.184. The van der Waals surface area contributed by atoms with Crippen molar-refractivity contribution >= 4 is 33.9 Å². The molecule has 186 valence electrons. The van der Waals surface area contributed by atoms with Crippen LogP contribution in [0.5, 0.6) is 11.5 Å². The van der Waals surface area contributed by atoms with Crippen LogP contribution in [0.25, 0.3) is 5.76 Å². The normalized spacial score (nSPS) is 20.4. The number of anilines is 1. The zero-order chi connectivity index (χ0) is 25.2. The zero-order valence-electron chi connectivity index (χ0n) is 20.3. The van der Waals surface area contributed by atoms with E-state index in [0.717, 1.165) is 30.6 Å². The summed E-state index contributed by atoms with van der Waals surface area (Å²) >= 11 is 1.26. The molecule has 1 fully saturated rings. The van der Waals surface area contributed by atoms with E-state index in [4.69, 9.17) is 9.47 Å². The first kappa shape index (κ1) is 24.1. The maximum absolute atomic E-state index is 13.3. The number of aliphatic hydroxyl groups excluding tert-OH is 1. The van der Waals surface area contributed by atoms with Gasteiger partial charge >= 0.3 is 5.91 Å². The van der Waals surface area contributed by atoms with Gasteiger partial charge in [0.1, 0.15) is 23.4 Å². The third-order valence-corrected chi connectivity index (χ3v) is 7.20. The van der Waals surface area contributed by atoms with Gasteiger partial charge in [-0.25, -0.2) is 4.98 Å². The number of rotatable bonds is 8. The standard InChI is InChI=1S/C28H28N2O5S/c1-3-4-5-12-34-21-8-6-7-18(16-21)24-23(26(32)27(33)30(24)28-29-11-13-36-28)25(31)19-9-10-22-20(15-19)14-17(2)35-22/h6-11,13,15-17,24,31H,3-5,12,14H2,1-2H3/b25-23+/t17-,24+/m1/s1. The molecular weight excluding hydrogens is 476 g/mol. The second-order valence-electron chi connectivity index (χ2n) is 9.07. The van der Waals surface area contributed by atoms with Gasteiger partial charge in [0.25, 0.3) is 5.78 Å². The monoisotopic (exact) mass is 504 g/mol. The lowest BCUT2D eigenvalue weighted by Gasteiger charge is -2.23. The Labute approximate surface area is 214 Å². The number of nitrogens with zero attached hydrogens (tertiary/aromatic N) is 2. The number of thiazole rings is 1. The van der Waals surface area contributed by atoms with E-state index < -0.39 is 17.7 Å². The molecule has 7 nitrogen and oxygen atoms in total. The van der Waals surface area contributed by atoms with E-state index in [0.29, 0.717) is 35.0 Å². The molecule has 0 radical (unpaired) electrons. The summed E-state index contributed by atoms with van der Waals surface area (Å²) in [4.78, 5) is 32.2. The van der Waals surface area contributed by atoms with Crippen LogP contribution in [0.4, 0.5) is 5.13 Å². The fourth-order valence-electron chi connectivity index (χ4n) is 4.72. The van der Waals surface area contributed by atoms with Crippen LogP contribution in [0.2, 0.25) is 0 Å². The van der Waals surface area contributed by atoms with Gasteiger partial charge in [-0.2, -0.15) is 0 Å². The summed E-state index contributed by atoms with van der Waals surface area (Å²) in [5, 5.41) is 13.6. The van der Waals surface area contributed by atoms with Gasteiger partial charge in [-0.05, 0) is 54.8 Å². The molecule has 1 saturated heterocycles. The molecule has 2 aliphatic heterocycles. The number of aliphatic hydroxyl groups is 1. The van der Waals surface area contributed by atoms with Crippen molar-refractivity contribution in [2.24, 2.45) is 0 Å². The van der Waals surface area contributed by atoms with Crippen molar-refractivity contribution in [1.29, 1.82) is 0 Å². The predicted molar refractivity (Wildman–Crippen MR) is 139 cm³/mol. The van der Waals surface area contributed by atoms with Crippen molar-refractivity contribution in [2.45, 2.75) is 51.7 Å². The van der Waals surface area contributed by atoms with Crippen LogP contribution in [0.1, 0.15) is 55.8 Å². The van der Waals surface area contributed by atoms with E-state index in [2.05, 4.69) is 11.9 Å². The number of unbranched alkanes of at least 4 members (excludes halogenated alkanes) is 2. The fraction of sp³-hybridized carbons (Fsp3) is 0.321. The van der Waals surface area contributed by atoms with Crippen LogP contribution in [0, 0.1) is 0 Å². The number of carbonyl (C=O) groups is 2. The molecule has 2 aromatic carbocycles. The van der Waals surface area contributed by atoms with Gasteiger partial charge in [0.15, 0.2) is 5.13 Å². The van der Waals surface area contributed by atoms with Gasteiger partial charge in [-0.1, -0.05) is 31.9 Å². The Kier molecular flexibility index (Phi) is 6.78. The number of amides is 1. The molecule has 0 aliphatic carbocycles. The maximum Gasteiger partial charge on any atom is 0.301 e. The Bertz CT molecular complexity index is 1320. The van der Waals surface area contributed by atoms with E-state index in [9.17, 15) is 14.7 Å². The Morgan fingerprint density at radius 2 is 2.08 bits per heavy atom. The van der Waals surface area contributed by atoms with Gasteiger partial charge in [-0.15, -0.1) is 11.3 Å². The lowest BCUT2D eigenvalue weighted by Crippen LogP contribution is -2.29. The highest BCUT2D eigenvalue weighted by molar-refractivity contribution is 7.14. The number of ether oxygens (including phenoxy) is 2. The van der Waals surface area contributed by atoms with E-state index in [1.807, 2.05) is 37.3 Å². The minimum atomic E-state index is -0.834. The molecular formula is C28H28N2O5S. The highest BCUT2D eigenvalue weighted by atomic mass is 32.1. The minimum Gasteiger partial charge on any atom is -0.507 e. The molecule has 5 rings (SSSR count). The van der Waals surface area contributed by atoms with E-state index in [-0.39, 0.29) is 17.4 Å². The number of carbonyl (C=O) groups excluding carboxylic acids is 2. The van der Waals surface area contributed by atoms with Crippen LogP contribution < -0.4 is 14.4 Å². The fourth-order valence-corrected chi connectivity index (χ4v) is 5.39. The Hall–Kier alpha value is -3.65. The molecule has 1 aromatic heterocycles. The van der Waals surface area contributed by atoms with Crippen LogP contribution in [-0.2, 0) is 16.0 Å². The molecule has 3 heterocycles. The highest BCUT2D eigenvalue weighted by Gasteiger charge is 2.48. The largest absolute Gasteiger partial charge is 0.507 e. The molecule has 8 heteroatoms. The summed E-state index contributed by atoms with van der Waals surface area (Å²) in [6.45, 7) is 4.70. The second-order valence-corrected chi connectivity index (χ2v) is 9.94. The van der Waals surface area contributed by atoms with Crippen LogP contribution in [0.3, 0.4) is 0 Å². The SMILES string of the molecule is CCCCCOc1cccc([C@H]2/C(=C(\O)c3ccc4c(c3)C[C@@H](C)O4)C(=O)C(=O)N2c2nccs2)c1. The van der Waals surface area contributed by atoms with Crippen LogP contribution >= 0.6 is 11.3 Å². The number of ketones is 1. The highest BCUT2D eigenvalue weighted by Crippen LogP contribution is 2.44. The molecule has 1 amide bonds. The first-order valence-electron chi connectivity index (χ1n) is 12.2. The minimum absolute atomic E-state index is 0.0326. The number of Topliss-reactive ketones (excluding diaryl/α,β-unsaturated/α-hetero) is 1. The lowest BCUT2D eigenvalue weighted by atomic mass is 9.94. The van der Waals surface area contributed by atoms with Crippen molar-refractivity contribution in [3.8, 4) is 11.5 Å². The molecule has 2 atom stereocenters. The number of hydrogen-bond donors (Lipinski definition) is 1. The number of hydrogen-bond acceptors (Lipinski definition) is 7. The molecule has 36 heavy (non-hydrogen) atoms. The van der Waals surface area contributed by atoms with Gasteiger partial charge in [-0.3, -0.25) is 14.5 Å². The molecule has 0 unspecified atom stereocenters. The van der Waals surface area contributed by atoms with Crippen molar-refractivity contribution in [3.05, 3.63) is 76.3 Å². The molecule has 0 saturated carbocycles. The molecule has 0 bridgehead atoms. The summed E-state index contributed by atoms with van der Waals surface area (Å²) < 4.78 is 11.7. The lowest BCUT2D eigenvalue weighted by molar-refractivity contribution is -0.132. The predicted octanol–water partition coefficient (Wildman–Crippen LogP) is 5.66. The third-order valence-electron chi connectivity index (χ3n) is 6.43. The first-order chi connectivity index (χ1) is 17.5. The van der Waals surface area contributed by atoms with Gasteiger partial charge in [0.2, 0.25) is 0 Å². The number of aromatic nitrogens is 1. The topological polar surface area (TPSA) is 89.0 Å². The summed E-state index contributed by atoms with van der Waals surface area (Å²) in [7, 11) is 0. The molecule has 0 spiro atoms. The smallest absolute Gasteiger partial charge is 0.301 e. The Balaban J connectivity index is 1.58. The summed E-state index contributed by atoms with van der Waals surface area (Å²) in [6.07, 6.45) is 5.47. The van der Waals surface area contributed by atoms with Crippen LogP contribution in [0.15, 0.2) is 59.6 Å². The zero-order valence-corrected chi connectivity index (χ0v) is 21.1. The van der Waals surface area contributed by atoms with E-state index in [1.165, 1.54) is 16.2 Å². The van der Waals surface area contributed by atoms with E-state index >= 15 is 0 Å². The molecule has 2 aliphatic rings. The average Bonchev–Trinajstić information content (AvgIpc) is 3.59. The van der Waals surface area contributed by atoms with Crippen molar-refractivity contribution in [3.63, 3.8) is 0 Å². The Morgan fingerprint density at radius 1 is 1.22 bits per heavy atom. The first-order valence-corrected chi connectivity index (χ1v) is 13.1. The van der Waals surface area contributed by atoms with Crippen molar-refractivity contribution in [2.75, 3.05) is 11.5 Å². The molecule has 3 aromatic rings. The van der Waals surface area contributed by atoms with Gasteiger partial charge in [0.05, 0.1) is 18.2 Å². The molecule has 1 N–H and O–H groups in total. The summed E-state index contributed by atoms with van der Waals surface area (Å²) in [6, 6.07) is 11.9. The number of benzene rings is 2. The van der Waals surface area contributed by atoms with Crippen molar-refractivity contribution < 1.29 is 24.2 Å². The van der Waals surface area contributed by atoms with Gasteiger partial charge in [0, 0.05) is 23.6 Å². The van der Waals surface area contributed by atoms with Gasteiger partial charge < -0.3 is 14.6 Å². The average molecular weight is 505 g/mol. The van der Waals surface area contributed by atoms with Crippen molar-refractivity contribution in [1.82, 2.24) is 4.98 Å². The maximum atomic E-state index is 13.3. The summed E-state index contributed by atoms with van der Waals surface area (Å²) in [5.74, 6) is -0.256.